The Morgan fingerprint density at radius 2 is 1.81 bits per heavy atom. The van der Waals surface area contributed by atoms with E-state index < -0.39 is 17.5 Å². The van der Waals surface area contributed by atoms with Crippen LogP contribution >= 0.6 is 0 Å². The molecule has 32 heavy (non-hydrogen) atoms. The van der Waals surface area contributed by atoms with Crippen molar-refractivity contribution in [3.05, 3.63) is 59.3 Å². The fourth-order valence-corrected chi connectivity index (χ4v) is 3.59. The van der Waals surface area contributed by atoms with Crippen molar-refractivity contribution in [1.82, 2.24) is 19.7 Å². The van der Waals surface area contributed by atoms with Gasteiger partial charge in [-0.1, -0.05) is 0 Å². The molecule has 0 bridgehead atoms. The van der Waals surface area contributed by atoms with Gasteiger partial charge in [-0.15, -0.1) is 0 Å². The van der Waals surface area contributed by atoms with Gasteiger partial charge in [-0.2, -0.15) is 10.1 Å². The summed E-state index contributed by atoms with van der Waals surface area (Å²) in [5.74, 6) is -2.84. The van der Waals surface area contributed by atoms with Crippen LogP contribution in [0.25, 0.3) is 0 Å². The number of nitrogens with one attached hydrogen (secondary N) is 1. The molecule has 1 amide bonds. The highest BCUT2D eigenvalue weighted by atomic mass is 19.2. The van der Waals surface area contributed by atoms with Crippen LogP contribution < -0.4 is 15.1 Å². The summed E-state index contributed by atoms with van der Waals surface area (Å²) in [5.41, 5.74) is 1.74. The Morgan fingerprint density at radius 1 is 1.06 bits per heavy atom. The molecule has 3 aromatic rings. The summed E-state index contributed by atoms with van der Waals surface area (Å²) in [5, 5.41) is 7.30. The summed E-state index contributed by atoms with van der Waals surface area (Å²) in [6.07, 6.45) is 4.95. The van der Waals surface area contributed by atoms with Crippen LogP contribution in [-0.2, 0) is 17.9 Å². The first-order valence-corrected chi connectivity index (χ1v) is 10.2. The maximum absolute atomic E-state index is 13.4. The molecule has 4 rings (SSSR count). The Labute approximate surface area is 182 Å². The Morgan fingerprint density at radius 3 is 2.50 bits per heavy atom. The number of anilines is 3. The first-order valence-electron chi connectivity index (χ1n) is 10.2. The summed E-state index contributed by atoms with van der Waals surface area (Å²) < 4.78 is 41.4. The van der Waals surface area contributed by atoms with E-state index in [4.69, 9.17) is 0 Å². The lowest BCUT2D eigenvalue weighted by molar-refractivity contribution is -0.117. The topological polar surface area (TPSA) is 79.2 Å². The number of hydrogen-bond acceptors (Lipinski definition) is 6. The number of nitrogens with zero attached hydrogens (tertiary/aromatic N) is 6. The van der Waals surface area contributed by atoms with E-state index in [1.807, 2.05) is 18.7 Å². The van der Waals surface area contributed by atoms with E-state index in [9.17, 15) is 18.0 Å². The molecule has 0 aliphatic carbocycles. The van der Waals surface area contributed by atoms with Gasteiger partial charge in [0.1, 0.15) is 5.69 Å². The number of amides is 1. The minimum atomic E-state index is -1.49. The fourth-order valence-electron chi connectivity index (χ4n) is 3.59. The highest BCUT2D eigenvalue weighted by Crippen LogP contribution is 2.31. The smallest absolute Gasteiger partial charge is 0.246 e. The second-order valence-electron chi connectivity index (χ2n) is 7.33. The number of carbonyl (C=O) groups excluding carboxylic acids is 1. The van der Waals surface area contributed by atoms with Crippen LogP contribution in [0.3, 0.4) is 0 Å². The maximum atomic E-state index is 13.4. The Balaban J connectivity index is 1.45. The molecule has 0 unspecified atom stereocenters. The third kappa shape index (κ3) is 4.23. The summed E-state index contributed by atoms with van der Waals surface area (Å²) in [6.45, 7) is 5.78. The third-order valence-corrected chi connectivity index (χ3v) is 5.19. The molecule has 1 aliphatic heterocycles. The second-order valence-corrected chi connectivity index (χ2v) is 7.33. The molecule has 0 fully saturated rings. The normalized spacial score (nSPS) is 13.5. The number of carbonyl (C=O) groups is 1. The van der Waals surface area contributed by atoms with Crippen LogP contribution in [0.4, 0.5) is 30.6 Å². The minimum absolute atomic E-state index is 0.0134. The van der Waals surface area contributed by atoms with Gasteiger partial charge in [0, 0.05) is 31.4 Å². The zero-order valence-corrected chi connectivity index (χ0v) is 17.6. The monoisotopic (exact) mass is 445 g/mol. The first kappa shape index (κ1) is 21.6. The average Bonchev–Trinajstić information content (AvgIpc) is 3.22. The van der Waals surface area contributed by atoms with Crippen molar-refractivity contribution in [2.75, 3.05) is 34.8 Å². The molecule has 0 saturated carbocycles. The van der Waals surface area contributed by atoms with Crippen molar-refractivity contribution in [3.63, 3.8) is 0 Å². The molecule has 1 aliphatic rings. The van der Waals surface area contributed by atoms with Crippen molar-refractivity contribution < 1.29 is 18.0 Å². The van der Waals surface area contributed by atoms with E-state index in [-0.39, 0.29) is 24.6 Å². The van der Waals surface area contributed by atoms with Crippen LogP contribution in [0.5, 0.6) is 0 Å². The standard InChI is InChI=1S/C21H22F3N7O/c1-3-29-12-18(32)31(4-2)17-9-26-21(28-20(17)29)25-7-14-8-27-30(11-14)10-13-5-15(22)19(24)16(23)6-13/h5-6,8-9,11H,3-4,7,10,12H2,1-2H3,(H,25,26,28). The van der Waals surface area contributed by atoms with Crippen LogP contribution in [-0.4, -0.2) is 45.3 Å². The summed E-state index contributed by atoms with van der Waals surface area (Å²) in [7, 11) is 0. The highest BCUT2D eigenvalue weighted by molar-refractivity contribution is 6.02. The van der Waals surface area contributed by atoms with Crippen LogP contribution in [0.2, 0.25) is 0 Å². The predicted octanol–water partition coefficient (Wildman–Crippen LogP) is 2.94. The lowest BCUT2D eigenvalue weighted by Gasteiger charge is -2.35. The third-order valence-electron chi connectivity index (χ3n) is 5.19. The molecular weight excluding hydrogens is 423 g/mol. The Bertz CT molecular complexity index is 1130. The van der Waals surface area contributed by atoms with Gasteiger partial charge >= 0.3 is 0 Å². The van der Waals surface area contributed by atoms with E-state index >= 15 is 0 Å². The molecule has 0 radical (unpaired) electrons. The van der Waals surface area contributed by atoms with E-state index in [1.165, 1.54) is 4.68 Å². The molecule has 0 spiro atoms. The molecule has 0 atom stereocenters. The zero-order chi connectivity index (χ0) is 22.8. The molecule has 1 aromatic carbocycles. The van der Waals surface area contributed by atoms with Crippen molar-refractivity contribution in [3.8, 4) is 0 Å². The van der Waals surface area contributed by atoms with Crippen molar-refractivity contribution in [1.29, 1.82) is 0 Å². The number of rotatable bonds is 7. The van der Waals surface area contributed by atoms with E-state index in [0.29, 0.717) is 37.1 Å². The number of benzene rings is 1. The highest BCUT2D eigenvalue weighted by Gasteiger charge is 2.29. The Kier molecular flexibility index (Phi) is 5.97. The quantitative estimate of drug-likeness (QED) is 0.564. The zero-order valence-electron chi connectivity index (χ0n) is 17.6. The van der Waals surface area contributed by atoms with Crippen LogP contribution in [0, 0.1) is 17.5 Å². The lowest BCUT2D eigenvalue weighted by Crippen LogP contribution is -2.46. The number of likely N-dealkylation sites (N-methyl/N-ethyl adjacent to an activating group) is 2. The minimum Gasteiger partial charge on any atom is -0.350 e. The van der Waals surface area contributed by atoms with Gasteiger partial charge in [0.2, 0.25) is 11.9 Å². The van der Waals surface area contributed by atoms with Crippen LogP contribution in [0.15, 0.2) is 30.7 Å². The number of hydrogen-bond donors (Lipinski definition) is 1. The van der Waals surface area contributed by atoms with Crippen LogP contribution in [0.1, 0.15) is 25.0 Å². The first-order chi connectivity index (χ1) is 15.4. The molecule has 1 N–H and O–H groups in total. The maximum Gasteiger partial charge on any atom is 0.246 e. The summed E-state index contributed by atoms with van der Waals surface area (Å²) >= 11 is 0. The Hall–Kier alpha value is -3.63. The van der Waals surface area contributed by atoms with Gasteiger partial charge in [-0.25, -0.2) is 18.2 Å². The number of halogens is 3. The van der Waals surface area contributed by atoms with Gasteiger partial charge in [0.25, 0.3) is 0 Å². The summed E-state index contributed by atoms with van der Waals surface area (Å²) in [4.78, 5) is 24.7. The van der Waals surface area contributed by atoms with Crippen molar-refractivity contribution >= 4 is 23.4 Å². The van der Waals surface area contributed by atoms with E-state index in [0.717, 1.165) is 17.7 Å². The number of fused-ring (bicyclic) bond motifs is 1. The SMILES string of the molecule is CCN1CC(=O)N(CC)c2cnc(NCc3cnn(Cc4cc(F)c(F)c(F)c4)c3)nc21. The average molecular weight is 445 g/mol. The predicted molar refractivity (Wildman–Crippen MR) is 113 cm³/mol. The van der Waals surface area contributed by atoms with Gasteiger partial charge in [-0.05, 0) is 31.5 Å². The van der Waals surface area contributed by atoms with Gasteiger partial charge in [-0.3, -0.25) is 9.48 Å². The molecule has 2 aromatic heterocycles. The van der Waals surface area contributed by atoms with Gasteiger partial charge in [0.05, 0.1) is 25.5 Å². The molecule has 168 valence electrons. The van der Waals surface area contributed by atoms with Crippen molar-refractivity contribution in [2.24, 2.45) is 0 Å². The second kappa shape index (κ2) is 8.85. The fraction of sp³-hybridized carbons (Fsp3) is 0.333. The van der Waals surface area contributed by atoms with E-state index in [2.05, 4.69) is 20.4 Å². The summed E-state index contributed by atoms with van der Waals surface area (Å²) in [6, 6.07) is 1.89. The molecule has 0 saturated heterocycles. The molecule has 8 nitrogen and oxygen atoms in total. The number of aromatic nitrogens is 4. The lowest BCUT2D eigenvalue weighted by atomic mass is 10.2. The largest absolute Gasteiger partial charge is 0.350 e. The van der Waals surface area contributed by atoms with E-state index in [1.54, 1.807) is 23.5 Å². The molecular formula is C21H22F3N7O. The molecule has 3 heterocycles. The molecule has 11 heteroatoms. The van der Waals surface area contributed by atoms with Gasteiger partial charge < -0.3 is 15.1 Å². The van der Waals surface area contributed by atoms with Crippen molar-refractivity contribution in [2.45, 2.75) is 26.9 Å². The van der Waals surface area contributed by atoms with Gasteiger partial charge in [0.15, 0.2) is 23.3 Å².